The number of hydrogen-bond donors (Lipinski definition) is 2. The molecular weight excluding hydrogens is 336 g/mol. The SMILES string of the molecule is COc1ccc2ncc(OCCN3CC[CH]C(CO)C3C(N)=O)nc2c1. The van der Waals surface area contributed by atoms with Crippen molar-refractivity contribution in [1.82, 2.24) is 14.9 Å². The van der Waals surface area contributed by atoms with Crippen molar-refractivity contribution in [3.8, 4) is 11.6 Å². The van der Waals surface area contributed by atoms with Gasteiger partial charge in [-0.05, 0) is 31.5 Å². The molecule has 1 aliphatic heterocycles. The smallest absolute Gasteiger partial charge is 0.235 e. The normalized spacial score (nSPS) is 20.8. The number of carbonyl (C=O) groups excluding carboxylic acids is 1. The molecule has 2 unspecified atom stereocenters. The summed E-state index contributed by atoms with van der Waals surface area (Å²) < 4.78 is 10.9. The third-order valence-electron chi connectivity index (χ3n) is 4.54. The molecule has 0 bridgehead atoms. The second-order valence-corrected chi connectivity index (χ2v) is 6.17. The fourth-order valence-corrected chi connectivity index (χ4v) is 3.25. The minimum Gasteiger partial charge on any atom is -0.497 e. The third kappa shape index (κ3) is 4.03. The first-order chi connectivity index (χ1) is 12.6. The van der Waals surface area contributed by atoms with Crippen LogP contribution in [0.2, 0.25) is 0 Å². The maximum Gasteiger partial charge on any atom is 0.235 e. The highest BCUT2D eigenvalue weighted by Gasteiger charge is 2.34. The van der Waals surface area contributed by atoms with Gasteiger partial charge in [-0.2, -0.15) is 0 Å². The second-order valence-electron chi connectivity index (χ2n) is 6.17. The van der Waals surface area contributed by atoms with Crippen LogP contribution in [0.1, 0.15) is 6.42 Å². The monoisotopic (exact) mass is 359 g/mol. The Bertz CT molecular complexity index is 770. The molecule has 26 heavy (non-hydrogen) atoms. The number of aliphatic hydroxyl groups is 1. The zero-order valence-electron chi connectivity index (χ0n) is 14.7. The first-order valence-electron chi connectivity index (χ1n) is 8.53. The van der Waals surface area contributed by atoms with Gasteiger partial charge in [-0.1, -0.05) is 0 Å². The molecule has 2 heterocycles. The standard InChI is InChI=1S/C18H23N4O4/c1-25-13-4-5-14-15(9-13)21-16(10-20-14)26-8-7-22-6-2-3-12(11-23)17(22)18(19)24/h3-5,9-10,12,17,23H,2,6-8,11H2,1H3,(H2,19,24). The van der Waals surface area contributed by atoms with Gasteiger partial charge in [0, 0.05) is 25.1 Å². The van der Waals surface area contributed by atoms with Crippen LogP contribution >= 0.6 is 0 Å². The van der Waals surface area contributed by atoms with E-state index in [1.54, 1.807) is 19.4 Å². The van der Waals surface area contributed by atoms with Crippen LogP contribution in [0.5, 0.6) is 11.6 Å². The lowest BCUT2D eigenvalue weighted by Crippen LogP contribution is -2.54. The molecule has 1 aliphatic rings. The summed E-state index contributed by atoms with van der Waals surface area (Å²) in [6, 6.07) is 4.95. The van der Waals surface area contributed by atoms with Crippen LogP contribution in [0.4, 0.5) is 0 Å². The molecule has 3 N–H and O–H groups in total. The summed E-state index contributed by atoms with van der Waals surface area (Å²) in [7, 11) is 1.60. The lowest BCUT2D eigenvalue weighted by molar-refractivity contribution is -0.126. The number of fused-ring (bicyclic) bond motifs is 1. The number of aliphatic hydroxyl groups excluding tert-OH is 1. The van der Waals surface area contributed by atoms with Gasteiger partial charge in [-0.25, -0.2) is 9.97 Å². The maximum atomic E-state index is 11.7. The number of amides is 1. The molecule has 139 valence electrons. The fourth-order valence-electron chi connectivity index (χ4n) is 3.25. The molecule has 8 nitrogen and oxygen atoms in total. The zero-order valence-corrected chi connectivity index (χ0v) is 14.7. The summed E-state index contributed by atoms with van der Waals surface area (Å²) in [5.41, 5.74) is 6.95. The van der Waals surface area contributed by atoms with Crippen LogP contribution in [0.15, 0.2) is 24.4 Å². The van der Waals surface area contributed by atoms with E-state index in [0.29, 0.717) is 36.8 Å². The Morgan fingerprint density at radius 3 is 3.00 bits per heavy atom. The van der Waals surface area contributed by atoms with E-state index < -0.39 is 11.9 Å². The Morgan fingerprint density at radius 2 is 2.27 bits per heavy atom. The Balaban J connectivity index is 1.63. The van der Waals surface area contributed by atoms with E-state index in [-0.39, 0.29) is 12.5 Å². The van der Waals surface area contributed by atoms with Gasteiger partial charge in [0.25, 0.3) is 0 Å². The van der Waals surface area contributed by atoms with E-state index in [1.165, 1.54) is 0 Å². The number of ether oxygens (including phenoxy) is 2. The van der Waals surface area contributed by atoms with Crippen molar-refractivity contribution in [1.29, 1.82) is 0 Å². The minimum atomic E-state index is -0.510. The number of nitrogens with zero attached hydrogens (tertiary/aromatic N) is 3. The predicted molar refractivity (Wildman–Crippen MR) is 95.6 cm³/mol. The highest BCUT2D eigenvalue weighted by atomic mass is 16.5. The van der Waals surface area contributed by atoms with Crippen LogP contribution in [0.3, 0.4) is 0 Å². The van der Waals surface area contributed by atoms with E-state index in [2.05, 4.69) is 9.97 Å². The number of rotatable bonds is 7. The number of methoxy groups -OCH3 is 1. The van der Waals surface area contributed by atoms with Gasteiger partial charge in [0.15, 0.2) is 0 Å². The van der Waals surface area contributed by atoms with Gasteiger partial charge in [-0.3, -0.25) is 9.69 Å². The van der Waals surface area contributed by atoms with Crippen LogP contribution in [-0.4, -0.2) is 65.3 Å². The summed E-state index contributed by atoms with van der Waals surface area (Å²) >= 11 is 0. The molecule has 1 amide bonds. The van der Waals surface area contributed by atoms with E-state index >= 15 is 0 Å². The number of primary amides is 1. The van der Waals surface area contributed by atoms with Gasteiger partial charge < -0.3 is 20.3 Å². The molecule has 2 aromatic rings. The van der Waals surface area contributed by atoms with Crippen molar-refractivity contribution >= 4 is 16.9 Å². The topological polar surface area (TPSA) is 111 Å². The molecule has 1 saturated heterocycles. The van der Waals surface area contributed by atoms with E-state index in [4.69, 9.17) is 15.2 Å². The zero-order chi connectivity index (χ0) is 18.5. The molecule has 1 radical (unpaired) electrons. The number of likely N-dealkylation sites (tertiary alicyclic amines) is 1. The molecule has 8 heteroatoms. The lowest BCUT2D eigenvalue weighted by atomic mass is 9.89. The van der Waals surface area contributed by atoms with Gasteiger partial charge in [0.2, 0.25) is 11.8 Å². The van der Waals surface area contributed by atoms with Crippen LogP contribution in [0.25, 0.3) is 11.0 Å². The number of hydrogen-bond acceptors (Lipinski definition) is 7. The Labute approximate surface area is 151 Å². The Hall–Kier alpha value is -2.45. The number of piperidine rings is 1. The number of nitrogens with two attached hydrogens (primary N) is 1. The Kier molecular flexibility index (Phi) is 5.85. The van der Waals surface area contributed by atoms with Gasteiger partial charge in [0.05, 0.1) is 30.4 Å². The van der Waals surface area contributed by atoms with E-state index in [1.807, 2.05) is 23.5 Å². The number of benzene rings is 1. The largest absolute Gasteiger partial charge is 0.497 e. The van der Waals surface area contributed by atoms with Gasteiger partial charge >= 0.3 is 0 Å². The molecule has 0 saturated carbocycles. The highest BCUT2D eigenvalue weighted by molar-refractivity contribution is 5.80. The average Bonchev–Trinajstić information content (AvgIpc) is 2.66. The lowest BCUT2D eigenvalue weighted by Gasteiger charge is -2.38. The van der Waals surface area contributed by atoms with Crippen LogP contribution in [-0.2, 0) is 4.79 Å². The van der Waals surface area contributed by atoms with Crippen molar-refractivity contribution in [3.63, 3.8) is 0 Å². The van der Waals surface area contributed by atoms with Crippen molar-refractivity contribution in [2.45, 2.75) is 12.5 Å². The summed E-state index contributed by atoms with van der Waals surface area (Å²) in [6.45, 7) is 1.46. The third-order valence-corrected chi connectivity index (χ3v) is 4.54. The molecule has 1 aromatic heterocycles. The molecule has 1 fully saturated rings. The van der Waals surface area contributed by atoms with Crippen LogP contribution in [0, 0.1) is 12.3 Å². The summed E-state index contributed by atoms with van der Waals surface area (Å²) in [6.07, 6.45) is 4.32. The number of carbonyl (C=O) groups is 1. The van der Waals surface area contributed by atoms with Gasteiger partial charge in [0.1, 0.15) is 12.4 Å². The molecular formula is C18H23N4O4. The summed E-state index contributed by atoms with van der Waals surface area (Å²) in [5, 5.41) is 9.45. The first kappa shape index (κ1) is 18.3. The van der Waals surface area contributed by atoms with E-state index in [0.717, 1.165) is 11.9 Å². The van der Waals surface area contributed by atoms with Gasteiger partial charge in [-0.15, -0.1) is 0 Å². The summed E-state index contributed by atoms with van der Waals surface area (Å²) in [4.78, 5) is 22.4. The predicted octanol–water partition coefficient (Wildman–Crippen LogP) is 0.390. The summed E-state index contributed by atoms with van der Waals surface area (Å²) in [5.74, 6) is 0.434. The first-order valence-corrected chi connectivity index (χ1v) is 8.53. The maximum absolute atomic E-state index is 11.7. The quantitative estimate of drug-likeness (QED) is 0.735. The highest BCUT2D eigenvalue weighted by Crippen LogP contribution is 2.23. The molecule has 3 rings (SSSR count). The van der Waals surface area contributed by atoms with E-state index in [9.17, 15) is 9.90 Å². The molecule has 2 atom stereocenters. The molecule has 0 spiro atoms. The van der Waals surface area contributed by atoms with Crippen molar-refractivity contribution in [2.24, 2.45) is 11.7 Å². The molecule has 1 aromatic carbocycles. The average molecular weight is 359 g/mol. The number of aromatic nitrogens is 2. The van der Waals surface area contributed by atoms with Crippen molar-refractivity contribution < 1.29 is 19.4 Å². The van der Waals surface area contributed by atoms with Crippen molar-refractivity contribution in [2.75, 3.05) is 33.4 Å². The second kappa shape index (κ2) is 8.29. The van der Waals surface area contributed by atoms with Crippen molar-refractivity contribution in [3.05, 3.63) is 30.8 Å². The minimum absolute atomic E-state index is 0.0943. The van der Waals surface area contributed by atoms with Crippen LogP contribution < -0.4 is 15.2 Å². The Morgan fingerprint density at radius 1 is 1.42 bits per heavy atom. The molecule has 0 aliphatic carbocycles. The fraction of sp³-hybridized carbons (Fsp3) is 0.444.